The molecule has 0 atom stereocenters. The van der Waals surface area contributed by atoms with Crippen LogP contribution in [-0.2, 0) is 21.2 Å². The number of benzene rings is 1. The number of urea groups is 1. The van der Waals surface area contributed by atoms with Crippen LogP contribution in [0.3, 0.4) is 0 Å². The van der Waals surface area contributed by atoms with E-state index in [-0.39, 0.29) is 10.9 Å². The monoisotopic (exact) mass is 339 g/mol. The molecule has 0 unspecified atom stereocenters. The summed E-state index contributed by atoms with van der Waals surface area (Å²) in [7, 11) is -3.67. The molecule has 2 amide bonds. The third-order valence-corrected chi connectivity index (χ3v) is 4.42. The summed E-state index contributed by atoms with van der Waals surface area (Å²) in [6, 6.07) is 6.03. The van der Waals surface area contributed by atoms with Gasteiger partial charge in [0.25, 0.3) is 0 Å². The molecule has 1 aromatic rings. The molecule has 0 aliphatic carbocycles. The molecule has 0 saturated carbocycles. The average molecular weight is 339 g/mol. The summed E-state index contributed by atoms with van der Waals surface area (Å²) < 4.78 is 27.5. The number of hydrogen-bond donors (Lipinski definition) is 3. The topological polar surface area (TPSA) is 111 Å². The first kappa shape index (κ1) is 17.5. The van der Waals surface area contributed by atoms with Gasteiger partial charge in [0, 0.05) is 12.7 Å². The maximum Gasteiger partial charge on any atom is 0.318 e. The second-order valence-electron chi connectivity index (χ2n) is 5.25. The number of rotatable bonds is 5. The number of nitrogens with two attached hydrogens (primary N) is 1. The van der Waals surface area contributed by atoms with Crippen LogP contribution in [0.1, 0.15) is 18.4 Å². The zero-order valence-electron chi connectivity index (χ0n) is 12.7. The van der Waals surface area contributed by atoms with Crippen LogP contribution in [0.4, 0.5) is 4.79 Å². The highest BCUT2D eigenvalue weighted by molar-refractivity contribution is 7.89. The summed E-state index contributed by atoms with van der Waals surface area (Å²) in [5.74, 6) is 0. The Morgan fingerprint density at radius 2 is 1.87 bits per heavy atom. The van der Waals surface area contributed by atoms with E-state index in [1.165, 1.54) is 17.7 Å². The highest BCUT2D eigenvalue weighted by atomic mass is 32.2. The van der Waals surface area contributed by atoms with Crippen molar-refractivity contribution in [1.82, 2.24) is 10.6 Å². The van der Waals surface area contributed by atoms with Crippen LogP contribution in [0.25, 0.3) is 0 Å². The molecule has 126 valence electrons. The molecular formula is C15H21N3O4S. The first-order chi connectivity index (χ1) is 10.9. The summed E-state index contributed by atoms with van der Waals surface area (Å²) in [5, 5.41) is 10.5. The van der Waals surface area contributed by atoms with Gasteiger partial charge in [0.05, 0.1) is 18.1 Å². The Kier molecular flexibility index (Phi) is 6.14. The highest BCUT2D eigenvalue weighted by Crippen LogP contribution is 2.11. The molecule has 1 fully saturated rings. The zero-order valence-corrected chi connectivity index (χ0v) is 13.6. The molecule has 0 aromatic heterocycles. The van der Waals surface area contributed by atoms with Gasteiger partial charge in [-0.1, -0.05) is 12.1 Å². The molecular weight excluding hydrogens is 318 g/mol. The molecule has 4 N–H and O–H groups in total. The van der Waals surface area contributed by atoms with E-state index < -0.39 is 10.0 Å². The summed E-state index contributed by atoms with van der Waals surface area (Å²) in [4.78, 5) is 11.7. The van der Waals surface area contributed by atoms with E-state index in [0.29, 0.717) is 26.2 Å². The Bertz CT molecular complexity index is 660. The lowest BCUT2D eigenvalue weighted by molar-refractivity contribution is 0.119. The first-order valence-electron chi connectivity index (χ1n) is 7.37. The van der Waals surface area contributed by atoms with E-state index in [2.05, 4.69) is 10.6 Å². The minimum absolute atomic E-state index is 0.0787. The van der Waals surface area contributed by atoms with Crippen LogP contribution in [0.15, 0.2) is 40.9 Å². The number of ether oxygens (including phenoxy) is 1. The van der Waals surface area contributed by atoms with Crippen LogP contribution in [0.2, 0.25) is 0 Å². The van der Waals surface area contributed by atoms with Gasteiger partial charge < -0.3 is 15.4 Å². The number of amides is 2. The van der Waals surface area contributed by atoms with Crippen LogP contribution in [-0.4, -0.2) is 34.2 Å². The lowest BCUT2D eigenvalue weighted by atomic mass is 10.1. The molecule has 23 heavy (non-hydrogen) atoms. The number of carbonyl (C=O) groups is 1. The van der Waals surface area contributed by atoms with Gasteiger partial charge in [-0.05, 0) is 42.5 Å². The third-order valence-electron chi connectivity index (χ3n) is 3.49. The van der Waals surface area contributed by atoms with Gasteiger partial charge in [0.1, 0.15) is 0 Å². The molecule has 1 aliphatic rings. The van der Waals surface area contributed by atoms with E-state index in [1.807, 2.05) is 0 Å². The van der Waals surface area contributed by atoms with Gasteiger partial charge in [-0.3, -0.25) is 0 Å². The summed E-state index contributed by atoms with van der Waals surface area (Å²) in [6.07, 6.45) is 4.02. The summed E-state index contributed by atoms with van der Waals surface area (Å²) >= 11 is 0. The smallest absolute Gasteiger partial charge is 0.318 e. The van der Waals surface area contributed by atoms with Crippen molar-refractivity contribution in [2.75, 3.05) is 19.8 Å². The predicted octanol–water partition coefficient (Wildman–Crippen LogP) is 0.870. The maximum atomic E-state index is 11.7. The van der Waals surface area contributed by atoms with Gasteiger partial charge in [0.2, 0.25) is 10.0 Å². The lowest BCUT2D eigenvalue weighted by Crippen LogP contribution is -2.34. The Balaban J connectivity index is 1.73. The second-order valence-corrected chi connectivity index (χ2v) is 6.82. The first-order valence-corrected chi connectivity index (χ1v) is 8.91. The van der Waals surface area contributed by atoms with Crippen molar-refractivity contribution in [3.8, 4) is 0 Å². The van der Waals surface area contributed by atoms with Crippen LogP contribution < -0.4 is 15.8 Å². The van der Waals surface area contributed by atoms with E-state index in [0.717, 1.165) is 18.4 Å². The van der Waals surface area contributed by atoms with Gasteiger partial charge in [0.15, 0.2) is 0 Å². The molecule has 1 aromatic carbocycles. The van der Waals surface area contributed by atoms with Gasteiger partial charge in [-0.25, -0.2) is 18.4 Å². The molecule has 1 saturated heterocycles. The van der Waals surface area contributed by atoms with E-state index in [1.54, 1.807) is 18.3 Å². The highest BCUT2D eigenvalue weighted by Gasteiger charge is 2.07. The maximum absolute atomic E-state index is 11.7. The van der Waals surface area contributed by atoms with Crippen molar-refractivity contribution < 1.29 is 17.9 Å². The van der Waals surface area contributed by atoms with Gasteiger partial charge >= 0.3 is 6.03 Å². The normalized spacial score (nSPS) is 15.1. The standard InChI is InChI=1S/C15H21N3O4S/c16-23(20,21)14-3-1-12(2-4-14)5-8-17-15(19)18-11-13-6-9-22-10-7-13/h1-4,11H,5-10H2,(H2,16,20,21)(H2,17,18,19). The van der Waals surface area contributed by atoms with E-state index in [9.17, 15) is 13.2 Å². The fourth-order valence-corrected chi connectivity index (χ4v) is 2.68. The minimum atomic E-state index is -3.67. The minimum Gasteiger partial charge on any atom is -0.381 e. The SMILES string of the molecule is NS(=O)(=O)c1ccc(CCNC(=O)NC=C2CCOCC2)cc1. The second kappa shape index (κ2) is 8.09. The van der Waals surface area contributed by atoms with E-state index >= 15 is 0 Å². The van der Waals surface area contributed by atoms with Crippen LogP contribution in [0, 0.1) is 0 Å². The number of hydrogen-bond acceptors (Lipinski definition) is 4. The van der Waals surface area contributed by atoms with Crippen molar-refractivity contribution in [2.45, 2.75) is 24.2 Å². The molecule has 0 radical (unpaired) electrons. The Morgan fingerprint density at radius 1 is 1.22 bits per heavy atom. The van der Waals surface area contributed by atoms with Gasteiger partial charge in [-0.2, -0.15) is 0 Å². The number of primary sulfonamides is 1. The number of nitrogens with one attached hydrogen (secondary N) is 2. The molecule has 0 bridgehead atoms. The predicted molar refractivity (Wildman–Crippen MR) is 86.2 cm³/mol. The number of sulfonamides is 1. The summed E-state index contributed by atoms with van der Waals surface area (Å²) in [5.41, 5.74) is 2.09. The quantitative estimate of drug-likeness (QED) is 0.739. The fraction of sp³-hybridized carbons (Fsp3) is 0.400. The molecule has 1 aliphatic heterocycles. The lowest BCUT2D eigenvalue weighted by Gasteiger charge is -2.14. The van der Waals surface area contributed by atoms with E-state index in [4.69, 9.17) is 9.88 Å². The van der Waals surface area contributed by atoms with Crippen molar-refractivity contribution >= 4 is 16.1 Å². The Morgan fingerprint density at radius 3 is 2.48 bits per heavy atom. The van der Waals surface area contributed by atoms with Gasteiger partial charge in [-0.15, -0.1) is 0 Å². The van der Waals surface area contributed by atoms with Crippen molar-refractivity contribution in [3.63, 3.8) is 0 Å². The summed E-state index contributed by atoms with van der Waals surface area (Å²) in [6.45, 7) is 1.85. The van der Waals surface area contributed by atoms with Crippen molar-refractivity contribution in [1.29, 1.82) is 0 Å². The van der Waals surface area contributed by atoms with Crippen LogP contribution in [0.5, 0.6) is 0 Å². The van der Waals surface area contributed by atoms with Crippen molar-refractivity contribution in [3.05, 3.63) is 41.6 Å². The number of carbonyl (C=O) groups excluding carboxylic acids is 1. The molecule has 2 rings (SSSR count). The molecule has 0 spiro atoms. The largest absolute Gasteiger partial charge is 0.381 e. The molecule has 7 nitrogen and oxygen atoms in total. The fourth-order valence-electron chi connectivity index (χ4n) is 2.16. The molecule has 8 heteroatoms. The van der Waals surface area contributed by atoms with Crippen molar-refractivity contribution in [2.24, 2.45) is 5.14 Å². The average Bonchev–Trinajstić information content (AvgIpc) is 2.53. The Labute approximate surface area is 135 Å². The van der Waals surface area contributed by atoms with Crippen LogP contribution >= 0.6 is 0 Å². The molecule has 1 heterocycles. The Hall–Kier alpha value is -1.90. The third kappa shape index (κ3) is 6.01. The zero-order chi connectivity index (χ0) is 16.7.